The van der Waals surface area contributed by atoms with Crippen LogP contribution >= 0.6 is 0 Å². The van der Waals surface area contributed by atoms with Gasteiger partial charge in [-0.3, -0.25) is 4.79 Å². The maximum absolute atomic E-state index is 12.4. The van der Waals surface area contributed by atoms with Crippen LogP contribution in [0.2, 0.25) is 0 Å². The van der Waals surface area contributed by atoms with Gasteiger partial charge in [0.15, 0.2) is 5.78 Å². The average Bonchev–Trinajstić information content (AvgIpc) is 2.59. The summed E-state index contributed by atoms with van der Waals surface area (Å²) in [4.78, 5) is 23.8. The zero-order valence-electron chi connectivity index (χ0n) is 12.7. The summed E-state index contributed by atoms with van der Waals surface area (Å²) in [6.07, 6.45) is 2.38. The van der Waals surface area contributed by atoms with E-state index in [4.69, 9.17) is 0 Å². The summed E-state index contributed by atoms with van der Waals surface area (Å²) in [6, 6.07) is 16.6. The normalized spacial score (nSPS) is 11.1. The molecule has 0 saturated heterocycles. The summed E-state index contributed by atoms with van der Waals surface area (Å²) < 4.78 is 4.66. The molecule has 0 N–H and O–H groups in total. The van der Waals surface area contributed by atoms with Gasteiger partial charge in [0.05, 0.1) is 7.11 Å². The molecule has 2 rings (SSSR count). The molecule has 0 amide bonds. The van der Waals surface area contributed by atoms with Crippen molar-refractivity contribution in [2.75, 3.05) is 7.11 Å². The van der Waals surface area contributed by atoms with Crippen LogP contribution in [0.1, 0.15) is 28.4 Å². The summed E-state index contributed by atoms with van der Waals surface area (Å²) in [5.74, 6) is -0.340. The number of allylic oxidation sites excluding steroid dienone is 1. The van der Waals surface area contributed by atoms with Crippen molar-refractivity contribution in [1.29, 1.82) is 0 Å². The summed E-state index contributed by atoms with van der Waals surface area (Å²) >= 11 is 0. The molecular weight excluding hydrogens is 276 g/mol. The molecule has 112 valence electrons. The molecule has 3 heteroatoms. The molecule has 2 aromatic carbocycles. The number of esters is 1. The summed E-state index contributed by atoms with van der Waals surface area (Å²) in [6.45, 7) is 1.71. The lowest BCUT2D eigenvalue weighted by Crippen LogP contribution is -2.03. The van der Waals surface area contributed by atoms with Gasteiger partial charge in [-0.25, -0.2) is 4.79 Å². The Balaban J connectivity index is 2.17. The second-order valence-corrected chi connectivity index (χ2v) is 4.98. The molecule has 2 aromatic rings. The number of hydrogen-bond acceptors (Lipinski definition) is 3. The first-order valence-electron chi connectivity index (χ1n) is 7.05. The molecule has 0 spiro atoms. The van der Waals surface area contributed by atoms with Crippen molar-refractivity contribution in [3.8, 4) is 0 Å². The van der Waals surface area contributed by atoms with Crippen molar-refractivity contribution in [2.24, 2.45) is 0 Å². The summed E-state index contributed by atoms with van der Waals surface area (Å²) in [7, 11) is 1.36. The van der Waals surface area contributed by atoms with Gasteiger partial charge in [-0.1, -0.05) is 54.6 Å². The molecule has 0 aliphatic carbocycles. The van der Waals surface area contributed by atoms with Crippen molar-refractivity contribution >= 4 is 11.8 Å². The quantitative estimate of drug-likeness (QED) is 0.481. The first kappa shape index (κ1) is 15.7. The molecule has 0 aliphatic rings. The summed E-state index contributed by atoms with van der Waals surface area (Å²) in [5.41, 5.74) is 2.85. The fourth-order valence-electron chi connectivity index (χ4n) is 2.11. The first-order valence-corrected chi connectivity index (χ1v) is 7.05. The van der Waals surface area contributed by atoms with Crippen LogP contribution in [-0.4, -0.2) is 18.9 Å². The molecule has 22 heavy (non-hydrogen) atoms. The van der Waals surface area contributed by atoms with Crippen LogP contribution < -0.4 is 0 Å². The molecule has 3 nitrogen and oxygen atoms in total. The molecule has 0 unspecified atom stereocenters. The zero-order valence-corrected chi connectivity index (χ0v) is 12.7. The molecule has 0 bridgehead atoms. The van der Waals surface area contributed by atoms with E-state index < -0.39 is 0 Å². The van der Waals surface area contributed by atoms with Crippen LogP contribution in [0, 0.1) is 0 Å². The fraction of sp³-hybridized carbons (Fsp3) is 0.158. The van der Waals surface area contributed by atoms with Gasteiger partial charge < -0.3 is 4.74 Å². The second-order valence-electron chi connectivity index (χ2n) is 4.98. The lowest BCUT2D eigenvalue weighted by Gasteiger charge is -2.04. The Hall–Kier alpha value is -2.68. The minimum Gasteiger partial charge on any atom is -0.466 e. The van der Waals surface area contributed by atoms with E-state index in [1.165, 1.54) is 7.11 Å². The van der Waals surface area contributed by atoms with Gasteiger partial charge in [0.2, 0.25) is 0 Å². The smallest absolute Gasteiger partial charge is 0.333 e. The maximum atomic E-state index is 12.4. The van der Waals surface area contributed by atoms with E-state index in [9.17, 15) is 9.59 Å². The average molecular weight is 294 g/mol. The number of methoxy groups -OCH3 is 1. The van der Waals surface area contributed by atoms with E-state index in [0.717, 1.165) is 5.56 Å². The number of carbonyl (C=O) groups excluding carboxylic acids is 2. The molecule has 0 aliphatic heterocycles. The van der Waals surface area contributed by atoms with Crippen molar-refractivity contribution in [3.05, 3.63) is 82.9 Å². The fourth-order valence-corrected chi connectivity index (χ4v) is 2.11. The van der Waals surface area contributed by atoms with Gasteiger partial charge in [0.1, 0.15) is 0 Å². The highest BCUT2D eigenvalue weighted by molar-refractivity contribution is 6.09. The Morgan fingerprint density at radius 1 is 1.00 bits per heavy atom. The van der Waals surface area contributed by atoms with Crippen LogP contribution in [0.3, 0.4) is 0 Å². The van der Waals surface area contributed by atoms with Crippen LogP contribution in [0.5, 0.6) is 0 Å². The van der Waals surface area contributed by atoms with Crippen molar-refractivity contribution in [2.45, 2.75) is 13.3 Å². The number of ether oxygens (including phenoxy) is 1. The van der Waals surface area contributed by atoms with E-state index in [0.29, 0.717) is 23.1 Å². The van der Waals surface area contributed by atoms with Gasteiger partial charge in [-0.05, 0) is 25.0 Å². The zero-order chi connectivity index (χ0) is 15.9. The third kappa shape index (κ3) is 3.92. The number of benzene rings is 2. The third-order valence-corrected chi connectivity index (χ3v) is 3.38. The van der Waals surface area contributed by atoms with Crippen LogP contribution in [0.25, 0.3) is 0 Å². The Morgan fingerprint density at radius 2 is 1.68 bits per heavy atom. The molecule has 0 aromatic heterocycles. The Kier molecular flexibility index (Phi) is 5.26. The van der Waals surface area contributed by atoms with Crippen LogP contribution in [0.4, 0.5) is 0 Å². The Bertz CT molecular complexity index is 700. The lowest BCUT2D eigenvalue weighted by molar-refractivity contribution is -0.136. The Labute approximate surface area is 130 Å². The Morgan fingerprint density at radius 3 is 2.36 bits per heavy atom. The van der Waals surface area contributed by atoms with Crippen molar-refractivity contribution < 1.29 is 14.3 Å². The molecule has 0 heterocycles. The van der Waals surface area contributed by atoms with Crippen LogP contribution in [0.15, 0.2) is 66.2 Å². The molecule has 0 saturated carbocycles. The van der Waals surface area contributed by atoms with Crippen molar-refractivity contribution in [3.63, 3.8) is 0 Å². The minimum atomic E-state index is -0.337. The predicted octanol–water partition coefficient (Wildman–Crippen LogP) is 3.58. The summed E-state index contributed by atoms with van der Waals surface area (Å²) in [5, 5.41) is 0. The largest absolute Gasteiger partial charge is 0.466 e. The van der Waals surface area contributed by atoms with E-state index >= 15 is 0 Å². The maximum Gasteiger partial charge on any atom is 0.333 e. The standard InChI is InChI=1S/C19H18O3/c1-14(19(21)22-2)11-12-15-7-6-10-17(13-15)18(20)16-8-4-3-5-9-16/h3-11,13H,12H2,1-2H3/b14-11+. The lowest BCUT2D eigenvalue weighted by atomic mass is 10.00. The number of hydrogen-bond donors (Lipinski definition) is 0. The molecular formula is C19H18O3. The minimum absolute atomic E-state index is 0.00359. The van der Waals surface area contributed by atoms with Gasteiger partial charge in [0.25, 0.3) is 0 Å². The number of carbonyl (C=O) groups is 2. The number of ketones is 1. The SMILES string of the molecule is COC(=O)/C(C)=C/Cc1cccc(C(=O)c2ccccc2)c1. The predicted molar refractivity (Wildman–Crippen MR) is 85.8 cm³/mol. The first-order chi connectivity index (χ1) is 10.6. The molecule has 0 atom stereocenters. The van der Waals surface area contributed by atoms with Gasteiger partial charge in [0, 0.05) is 16.7 Å². The van der Waals surface area contributed by atoms with Crippen molar-refractivity contribution in [1.82, 2.24) is 0 Å². The van der Waals surface area contributed by atoms with E-state index in [1.54, 1.807) is 31.2 Å². The van der Waals surface area contributed by atoms with E-state index in [-0.39, 0.29) is 11.8 Å². The monoisotopic (exact) mass is 294 g/mol. The van der Waals surface area contributed by atoms with Gasteiger partial charge in [-0.15, -0.1) is 0 Å². The molecule has 0 fully saturated rings. The van der Waals surface area contributed by atoms with Gasteiger partial charge >= 0.3 is 5.97 Å². The second kappa shape index (κ2) is 7.36. The highest BCUT2D eigenvalue weighted by Gasteiger charge is 2.09. The van der Waals surface area contributed by atoms with Gasteiger partial charge in [-0.2, -0.15) is 0 Å². The topological polar surface area (TPSA) is 43.4 Å². The highest BCUT2D eigenvalue weighted by Crippen LogP contribution is 2.13. The van der Waals surface area contributed by atoms with E-state index in [2.05, 4.69) is 4.74 Å². The number of rotatable bonds is 5. The molecule has 0 radical (unpaired) electrons. The third-order valence-electron chi connectivity index (χ3n) is 3.38. The highest BCUT2D eigenvalue weighted by atomic mass is 16.5. The van der Waals surface area contributed by atoms with Crippen LogP contribution in [-0.2, 0) is 16.0 Å². The van der Waals surface area contributed by atoms with E-state index in [1.807, 2.05) is 36.4 Å².